The highest BCUT2D eigenvalue weighted by atomic mass is 16.3. The van der Waals surface area contributed by atoms with E-state index in [4.69, 9.17) is 0 Å². The summed E-state index contributed by atoms with van der Waals surface area (Å²) in [4.78, 5) is 22.9. The fraction of sp³-hybridized carbons (Fsp3) is 0.467. The summed E-state index contributed by atoms with van der Waals surface area (Å²) in [5.74, 6) is -0.995. The first-order valence-electron chi connectivity index (χ1n) is 6.79. The highest BCUT2D eigenvalue weighted by Crippen LogP contribution is 2.14. The first-order valence-corrected chi connectivity index (χ1v) is 6.79. The van der Waals surface area contributed by atoms with Crippen molar-refractivity contribution >= 4 is 11.8 Å². The first kappa shape index (κ1) is 16.2. The molecule has 1 aromatic rings. The molecule has 5 heteroatoms. The number of nitrogens with one attached hydrogen (secondary N) is 2. The van der Waals surface area contributed by atoms with Crippen molar-refractivity contribution in [1.29, 1.82) is 0 Å². The number of amides is 2. The van der Waals surface area contributed by atoms with Crippen molar-refractivity contribution in [1.82, 2.24) is 10.6 Å². The molecule has 5 nitrogen and oxygen atoms in total. The minimum Gasteiger partial charge on any atom is -0.388 e. The SMILES string of the molecule is CC(C)CNC(=O)C(=O)NCCC(O)c1ccccc1. The van der Waals surface area contributed by atoms with Crippen LogP contribution >= 0.6 is 0 Å². The number of aliphatic hydroxyl groups is 1. The van der Waals surface area contributed by atoms with E-state index in [0.29, 0.717) is 18.9 Å². The van der Waals surface area contributed by atoms with E-state index in [1.807, 2.05) is 44.2 Å². The summed E-state index contributed by atoms with van der Waals surface area (Å²) in [6.07, 6.45) is -0.275. The summed E-state index contributed by atoms with van der Waals surface area (Å²) in [5.41, 5.74) is 0.797. The number of rotatable bonds is 6. The van der Waals surface area contributed by atoms with Crippen LogP contribution < -0.4 is 10.6 Å². The van der Waals surface area contributed by atoms with Crippen LogP contribution in [0.25, 0.3) is 0 Å². The standard InChI is InChI=1S/C15H22N2O3/c1-11(2)10-17-15(20)14(19)16-9-8-13(18)12-6-4-3-5-7-12/h3-7,11,13,18H,8-10H2,1-2H3,(H,16,19)(H,17,20). The van der Waals surface area contributed by atoms with E-state index in [-0.39, 0.29) is 6.54 Å². The molecule has 20 heavy (non-hydrogen) atoms. The molecule has 0 radical (unpaired) electrons. The fourth-order valence-electron chi connectivity index (χ4n) is 1.62. The lowest BCUT2D eigenvalue weighted by Crippen LogP contribution is -2.41. The van der Waals surface area contributed by atoms with Gasteiger partial charge in [-0.15, -0.1) is 0 Å². The van der Waals surface area contributed by atoms with E-state index >= 15 is 0 Å². The second kappa shape index (κ2) is 8.32. The number of hydrogen-bond acceptors (Lipinski definition) is 3. The Balaban J connectivity index is 2.26. The Kier molecular flexibility index (Phi) is 6.73. The minimum absolute atomic E-state index is 0.254. The summed E-state index contributed by atoms with van der Waals surface area (Å²) in [6.45, 7) is 4.63. The van der Waals surface area contributed by atoms with Gasteiger partial charge in [0.2, 0.25) is 0 Å². The van der Waals surface area contributed by atoms with Crippen LogP contribution in [-0.2, 0) is 9.59 Å². The number of carbonyl (C=O) groups is 2. The third-order valence-corrected chi connectivity index (χ3v) is 2.76. The molecule has 110 valence electrons. The molecule has 1 atom stereocenters. The fourth-order valence-corrected chi connectivity index (χ4v) is 1.62. The Hall–Kier alpha value is -1.88. The Labute approximate surface area is 119 Å². The topological polar surface area (TPSA) is 78.4 Å². The molecule has 0 heterocycles. The molecule has 1 rings (SSSR count). The molecule has 2 amide bonds. The lowest BCUT2D eigenvalue weighted by atomic mass is 10.1. The van der Waals surface area contributed by atoms with Gasteiger partial charge in [-0.3, -0.25) is 9.59 Å². The zero-order chi connectivity index (χ0) is 15.0. The predicted octanol–water partition coefficient (Wildman–Crippen LogP) is 0.998. The number of aliphatic hydroxyl groups excluding tert-OH is 1. The summed E-state index contributed by atoms with van der Waals surface area (Å²) < 4.78 is 0. The van der Waals surface area contributed by atoms with Crippen molar-refractivity contribution < 1.29 is 14.7 Å². The highest BCUT2D eigenvalue weighted by molar-refractivity contribution is 6.35. The number of benzene rings is 1. The van der Waals surface area contributed by atoms with Gasteiger partial charge in [-0.25, -0.2) is 0 Å². The van der Waals surface area contributed by atoms with Crippen molar-refractivity contribution in [3.63, 3.8) is 0 Å². The maximum absolute atomic E-state index is 11.5. The molecule has 0 aliphatic carbocycles. The van der Waals surface area contributed by atoms with Crippen LogP contribution in [0.4, 0.5) is 0 Å². The molecule has 0 bridgehead atoms. The quantitative estimate of drug-likeness (QED) is 0.679. The molecular formula is C15H22N2O3. The van der Waals surface area contributed by atoms with Gasteiger partial charge in [0, 0.05) is 13.1 Å². The van der Waals surface area contributed by atoms with Gasteiger partial charge in [0.05, 0.1) is 6.10 Å². The molecule has 1 unspecified atom stereocenters. The summed E-state index contributed by atoms with van der Waals surface area (Å²) in [7, 11) is 0. The Morgan fingerprint density at radius 2 is 1.70 bits per heavy atom. The van der Waals surface area contributed by atoms with Gasteiger partial charge in [0.1, 0.15) is 0 Å². The van der Waals surface area contributed by atoms with Crippen molar-refractivity contribution in [3.05, 3.63) is 35.9 Å². The lowest BCUT2D eigenvalue weighted by molar-refractivity contribution is -0.139. The van der Waals surface area contributed by atoms with E-state index < -0.39 is 17.9 Å². The average Bonchev–Trinajstić information content (AvgIpc) is 2.45. The van der Waals surface area contributed by atoms with Gasteiger partial charge < -0.3 is 15.7 Å². The van der Waals surface area contributed by atoms with Crippen LogP contribution in [0.1, 0.15) is 31.9 Å². The Morgan fingerprint density at radius 3 is 2.30 bits per heavy atom. The van der Waals surface area contributed by atoms with Crippen LogP contribution in [0.15, 0.2) is 30.3 Å². The lowest BCUT2D eigenvalue weighted by Gasteiger charge is -2.12. The van der Waals surface area contributed by atoms with Gasteiger partial charge in [-0.2, -0.15) is 0 Å². The van der Waals surface area contributed by atoms with E-state index in [0.717, 1.165) is 5.56 Å². The summed E-state index contributed by atoms with van der Waals surface area (Å²) in [6, 6.07) is 9.20. The van der Waals surface area contributed by atoms with E-state index in [2.05, 4.69) is 10.6 Å². The van der Waals surface area contributed by atoms with Crippen LogP contribution in [0.5, 0.6) is 0 Å². The van der Waals surface area contributed by atoms with Gasteiger partial charge in [-0.05, 0) is 17.9 Å². The summed E-state index contributed by atoms with van der Waals surface area (Å²) >= 11 is 0. The molecule has 3 N–H and O–H groups in total. The van der Waals surface area contributed by atoms with Crippen LogP contribution in [-0.4, -0.2) is 30.0 Å². The Bertz CT molecular complexity index is 432. The molecule has 0 spiro atoms. The smallest absolute Gasteiger partial charge is 0.309 e. The zero-order valence-electron chi connectivity index (χ0n) is 11.9. The molecule has 0 fully saturated rings. The number of hydrogen-bond donors (Lipinski definition) is 3. The summed E-state index contributed by atoms with van der Waals surface area (Å²) in [5, 5.41) is 14.9. The molecule has 0 saturated carbocycles. The molecule has 1 aromatic carbocycles. The van der Waals surface area contributed by atoms with Crippen molar-refractivity contribution in [3.8, 4) is 0 Å². The van der Waals surface area contributed by atoms with Crippen molar-refractivity contribution in [2.24, 2.45) is 5.92 Å². The largest absolute Gasteiger partial charge is 0.388 e. The predicted molar refractivity (Wildman–Crippen MR) is 76.9 cm³/mol. The van der Waals surface area contributed by atoms with E-state index in [1.54, 1.807) is 0 Å². The van der Waals surface area contributed by atoms with Crippen LogP contribution in [0.2, 0.25) is 0 Å². The maximum Gasteiger partial charge on any atom is 0.309 e. The minimum atomic E-state index is -0.661. The van der Waals surface area contributed by atoms with Crippen molar-refractivity contribution in [2.45, 2.75) is 26.4 Å². The van der Waals surface area contributed by atoms with E-state index in [1.165, 1.54) is 0 Å². The zero-order valence-corrected chi connectivity index (χ0v) is 11.9. The van der Waals surface area contributed by atoms with Gasteiger partial charge in [0.15, 0.2) is 0 Å². The molecule has 0 aliphatic heterocycles. The second-order valence-electron chi connectivity index (χ2n) is 5.07. The monoisotopic (exact) mass is 278 g/mol. The first-order chi connectivity index (χ1) is 9.50. The third kappa shape index (κ3) is 5.84. The molecular weight excluding hydrogens is 256 g/mol. The van der Waals surface area contributed by atoms with Crippen molar-refractivity contribution in [2.75, 3.05) is 13.1 Å². The van der Waals surface area contributed by atoms with Gasteiger partial charge in [-0.1, -0.05) is 44.2 Å². The van der Waals surface area contributed by atoms with Gasteiger partial charge >= 0.3 is 11.8 Å². The Morgan fingerprint density at radius 1 is 1.10 bits per heavy atom. The number of carbonyl (C=O) groups excluding carboxylic acids is 2. The third-order valence-electron chi connectivity index (χ3n) is 2.76. The van der Waals surface area contributed by atoms with E-state index in [9.17, 15) is 14.7 Å². The van der Waals surface area contributed by atoms with Crippen LogP contribution in [0.3, 0.4) is 0 Å². The van der Waals surface area contributed by atoms with Crippen LogP contribution in [0, 0.1) is 5.92 Å². The molecule has 0 aromatic heterocycles. The molecule has 0 aliphatic rings. The van der Waals surface area contributed by atoms with Gasteiger partial charge in [0.25, 0.3) is 0 Å². The second-order valence-corrected chi connectivity index (χ2v) is 5.07. The molecule has 0 saturated heterocycles. The highest BCUT2D eigenvalue weighted by Gasteiger charge is 2.14. The normalized spacial score (nSPS) is 12.0. The maximum atomic E-state index is 11.5. The average molecular weight is 278 g/mol.